The van der Waals surface area contributed by atoms with Gasteiger partial charge in [0.1, 0.15) is 12.4 Å². The van der Waals surface area contributed by atoms with E-state index in [1.54, 1.807) is 18.2 Å². The molecule has 0 aliphatic heterocycles. The Hall–Kier alpha value is -4.39. The number of ether oxygens (including phenoxy) is 1. The monoisotopic (exact) mass is 478 g/mol. The number of benzene rings is 4. The highest BCUT2D eigenvalue weighted by Gasteiger charge is 2.19. The lowest BCUT2D eigenvalue weighted by molar-refractivity contribution is -0.144. The molecule has 1 N–H and O–H groups in total. The maximum absolute atomic E-state index is 11.9. The highest BCUT2D eigenvalue weighted by molar-refractivity contribution is 6.33. The number of nitrogens with one attached hydrogen (secondary N) is 1. The zero-order chi connectivity index (χ0) is 24.5. The van der Waals surface area contributed by atoms with E-state index in [9.17, 15) is 15.3 Å². The maximum Gasteiger partial charge on any atom is 0.306 e. The second-order valence-electron chi connectivity index (χ2n) is 8.24. The Labute approximate surface area is 206 Å². The number of H-pyrrole nitrogens is 1. The second-order valence-corrected chi connectivity index (χ2v) is 8.68. The highest BCUT2D eigenvalue weighted by atomic mass is 35.5. The van der Waals surface area contributed by atoms with Crippen molar-refractivity contribution < 1.29 is 9.53 Å². The molecule has 0 fully saturated rings. The Balaban J connectivity index is 1.76. The molecule has 0 atom stereocenters. The van der Waals surface area contributed by atoms with Gasteiger partial charge in [-0.1, -0.05) is 42.8 Å². The van der Waals surface area contributed by atoms with E-state index in [-0.39, 0.29) is 12.6 Å². The Kier molecular flexibility index (Phi) is 5.82. The summed E-state index contributed by atoms with van der Waals surface area (Å²) in [4.78, 5) is 20.1. The van der Waals surface area contributed by atoms with E-state index in [1.165, 1.54) is 0 Å². The summed E-state index contributed by atoms with van der Waals surface area (Å²) < 4.78 is 5.41. The summed E-state index contributed by atoms with van der Waals surface area (Å²) in [7, 11) is 0. The molecule has 0 amide bonds. The molecule has 4 aromatic carbocycles. The van der Waals surface area contributed by atoms with Crippen molar-refractivity contribution in [2.45, 2.75) is 26.4 Å². The van der Waals surface area contributed by atoms with Crippen molar-refractivity contribution in [3.8, 4) is 23.5 Å². The molecule has 0 saturated heterocycles. The minimum Gasteiger partial charge on any atom is -0.461 e. The summed E-state index contributed by atoms with van der Waals surface area (Å²) in [5.41, 5.74) is 3.59. The number of rotatable bonds is 5. The number of nitrogens with zero attached hydrogens (tertiary/aromatic N) is 3. The number of carbonyl (C=O) groups excluding carboxylic acids is 1. The van der Waals surface area contributed by atoms with Crippen LogP contribution in [0.25, 0.3) is 44.0 Å². The van der Waals surface area contributed by atoms with Crippen LogP contribution in [0.15, 0.2) is 54.6 Å². The molecule has 5 aromatic rings. The fourth-order valence-corrected chi connectivity index (χ4v) is 4.56. The minimum atomic E-state index is -0.224. The van der Waals surface area contributed by atoms with E-state index in [0.29, 0.717) is 34.0 Å². The first-order chi connectivity index (χ1) is 17.0. The average Bonchev–Trinajstić information content (AvgIpc) is 3.32. The molecule has 0 spiro atoms. The predicted octanol–water partition coefficient (Wildman–Crippen LogP) is 6.78. The standard InChI is InChI=1S/C28H19ClN4O2/c1-2-4-24(34)35-15-16-7-9-20-22(11-16)23-12-19(29)8-10-21(23)27-26(20)32-28(33-27)25-17(13-30)5-3-6-18(25)14-31/h3,5-12H,2,4,15H2,1H3,(H,32,33). The van der Waals surface area contributed by atoms with Gasteiger partial charge in [0, 0.05) is 22.2 Å². The Morgan fingerprint density at radius 3 is 2.43 bits per heavy atom. The molecule has 1 heterocycles. The van der Waals surface area contributed by atoms with Crippen LogP contribution in [0.4, 0.5) is 0 Å². The third-order valence-corrected chi connectivity index (χ3v) is 6.22. The van der Waals surface area contributed by atoms with Gasteiger partial charge in [0.15, 0.2) is 0 Å². The molecule has 0 saturated carbocycles. The number of hydrogen-bond donors (Lipinski definition) is 1. The number of fused-ring (bicyclic) bond motifs is 6. The summed E-state index contributed by atoms with van der Waals surface area (Å²) in [6, 6.07) is 20.9. The first kappa shape index (κ1) is 22.4. The molecule has 0 bridgehead atoms. The molecule has 0 radical (unpaired) electrons. The summed E-state index contributed by atoms with van der Waals surface area (Å²) >= 11 is 6.36. The molecule has 0 aliphatic carbocycles. The zero-order valence-corrected chi connectivity index (χ0v) is 19.6. The van der Waals surface area contributed by atoms with Gasteiger partial charge >= 0.3 is 5.97 Å². The van der Waals surface area contributed by atoms with Gasteiger partial charge in [0.05, 0.1) is 39.9 Å². The molecular formula is C28H19ClN4O2. The van der Waals surface area contributed by atoms with E-state index in [2.05, 4.69) is 17.1 Å². The molecule has 6 nitrogen and oxygen atoms in total. The first-order valence-electron chi connectivity index (χ1n) is 11.2. The van der Waals surface area contributed by atoms with Gasteiger partial charge in [-0.2, -0.15) is 10.5 Å². The third-order valence-electron chi connectivity index (χ3n) is 5.98. The normalized spacial score (nSPS) is 11.0. The number of imidazole rings is 1. The van der Waals surface area contributed by atoms with Crippen molar-refractivity contribution in [1.29, 1.82) is 10.5 Å². The quantitative estimate of drug-likeness (QED) is 0.221. The molecule has 0 aliphatic rings. The first-order valence-corrected chi connectivity index (χ1v) is 11.5. The number of nitriles is 2. The topological polar surface area (TPSA) is 103 Å². The van der Waals surface area contributed by atoms with Gasteiger partial charge in [-0.15, -0.1) is 0 Å². The number of esters is 1. The molecule has 0 unspecified atom stereocenters. The van der Waals surface area contributed by atoms with Gasteiger partial charge in [0.2, 0.25) is 0 Å². The van der Waals surface area contributed by atoms with Crippen LogP contribution in [-0.4, -0.2) is 15.9 Å². The van der Waals surface area contributed by atoms with Crippen molar-refractivity contribution in [1.82, 2.24) is 9.97 Å². The zero-order valence-electron chi connectivity index (χ0n) is 18.9. The van der Waals surface area contributed by atoms with Crippen LogP contribution >= 0.6 is 11.6 Å². The third kappa shape index (κ3) is 3.95. The summed E-state index contributed by atoms with van der Waals surface area (Å²) in [5, 5.41) is 23.5. The van der Waals surface area contributed by atoms with Crippen LogP contribution < -0.4 is 0 Å². The van der Waals surface area contributed by atoms with E-state index >= 15 is 0 Å². The molecule has 7 heteroatoms. The highest BCUT2D eigenvalue weighted by Crippen LogP contribution is 2.38. The van der Waals surface area contributed by atoms with Crippen molar-refractivity contribution in [2.24, 2.45) is 0 Å². The Morgan fingerprint density at radius 1 is 1.00 bits per heavy atom. The van der Waals surface area contributed by atoms with E-state index in [4.69, 9.17) is 21.3 Å². The summed E-state index contributed by atoms with van der Waals surface area (Å²) in [6.45, 7) is 2.12. The van der Waals surface area contributed by atoms with Crippen LogP contribution in [0.3, 0.4) is 0 Å². The molecule has 5 rings (SSSR count). The van der Waals surface area contributed by atoms with Gasteiger partial charge in [-0.05, 0) is 53.1 Å². The lowest BCUT2D eigenvalue weighted by atomic mass is 9.98. The average molecular weight is 479 g/mol. The van der Waals surface area contributed by atoms with Gasteiger partial charge in [-0.25, -0.2) is 4.98 Å². The van der Waals surface area contributed by atoms with Crippen molar-refractivity contribution >= 4 is 50.1 Å². The van der Waals surface area contributed by atoms with Crippen LogP contribution in [0.2, 0.25) is 5.02 Å². The van der Waals surface area contributed by atoms with E-state index in [1.807, 2.05) is 43.3 Å². The number of hydrogen-bond acceptors (Lipinski definition) is 5. The van der Waals surface area contributed by atoms with E-state index < -0.39 is 0 Å². The van der Waals surface area contributed by atoms with Crippen LogP contribution in [-0.2, 0) is 16.1 Å². The number of carbonyl (C=O) groups is 1. The van der Waals surface area contributed by atoms with Gasteiger partial charge < -0.3 is 9.72 Å². The van der Waals surface area contributed by atoms with Crippen LogP contribution in [0.5, 0.6) is 0 Å². The van der Waals surface area contributed by atoms with Gasteiger partial charge in [-0.3, -0.25) is 4.79 Å². The smallest absolute Gasteiger partial charge is 0.306 e. The number of aromatic amines is 1. The summed E-state index contributed by atoms with van der Waals surface area (Å²) in [6.07, 6.45) is 1.13. The Morgan fingerprint density at radius 2 is 1.71 bits per heavy atom. The van der Waals surface area contributed by atoms with E-state index in [0.717, 1.165) is 44.6 Å². The molecule has 170 valence electrons. The van der Waals surface area contributed by atoms with Gasteiger partial charge in [0.25, 0.3) is 0 Å². The SMILES string of the molecule is CCCC(=O)OCc1ccc2c(c1)c1cc(Cl)ccc1c1nc(-c3c(C#N)cccc3C#N)[nH]c21. The van der Waals surface area contributed by atoms with Crippen molar-refractivity contribution in [2.75, 3.05) is 0 Å². The maximum atomic E-state index is 11.9. The largest absolute Gasteiger partial charge is 0.461 e. The lowest BCUT2D eigenvalue weighted by Crippen LogP contribution is -2.03. The molecular weight excluding hydrogens is 460 g/mol. The Bertz CT molecular complexity index is 1690. The molecule has 1 aromatic heterocycles. The van der Waals surface area contributed by atoms with Crippen LogP contribution in [0.1, 0.15) is 36.5 Å². The van der Waals surface area contributed by atoms with Crippen LogP contribution in [0, 0.1) is 22.7 Å². The fourth-order valence-electron chi connectivity index (χ4n) is 4.38. The number of halogens is 1. The predicted molar refractivity (Wildman–Crippen MR) is 136 cm³/mol. The number of aromatic nitrogens is 2. The summed E-state index contributed by atoms with van der Waals surface area (Å²) in [5.74, 6) is 0.230. The second kappa shape index (κ2) is 9.10. The lowest BCUT2D eigenvalue weighted by Gasteiger charge is -2.10. The van der Waals surface area contributed by atoms with Crippen molar-refractivity contribution in [3.05, 3.63) is 76.3 Å². The van der Waals surface area contributed by atoms with Crippen molar-refractivity contribution in [3.63, 3.8) is 0 Å². The minimum absolute atomic E-state index is 0.185. The fraction of sp³-hybridized carbons (Fsp3) is 0.143. The molecule has 35 heavy (non-hydrogen) atoms.